The van der Waals surface area contributed by atoms with Gasteiger partial charge in [-0.05, 0) is 64.7 Å². The van der Waals surface area contributed by atoms with E-state index in [1.54, 1.807) is 11.3 Å². The van der Waals surface area contributed by atoms with Gasteiger partial charge in [0.1, 0.15) is 0 Å². The summed E-state index contributed by atoms with van der Waals surface area (Å²) in [6.07, 6.45) is 0. The zero-order valence-corrected chi connectivity index (χ0v) is 31.0. The van der Waals surface area contributed by atoms with Gasteiger partial charge in [0.15, 0.2) is 17.5 Å². The average Bonchev–Trinajstić information content (AvgIpc) is 3.81. The molecule has 3 aromatic heterocycles. The van der Waals surface area contributed by atoms with Gasteiger partial charge in [0, 0.05) is 53.3 Å². The standard InChI is InChI=1S/C51H32N4S/c1-4-13-33(14-5-1)38-23-26-42-41-21-10-11-22-45(41)55(46(42)31-38)40-20-12-19-36(29-40)37-25-28-47-44(30-37)43-27-24-39(32-48(43)56-47)51-53-49(34-15-6-2-7-16-34)52-50(54-51)35-17-8-3-9-18-35/h1-32H. The Hall–Kier alpha value is -7.21. The van der Waals surface area contributed by atoms with Crippen LogP contribution in [0.1, 0.15) is 0 Å². The second-order valence-electron chi connectivity index (χ2n) is 14.1. The molecule has 0 radical (unpaired) electrons. The van der Waals surface area contributed by atoms with Crippen molar-refractivity contribution in [3.8, 4) is 62.1 Å². The number of hydrogen-bond acceptors (Lipinski definition) is 4. The van der Waals surface area contributed by atoms with E-state index in [1.807, 2.05) is 60.7 Å². The maximum Gasteiger partial charge on any atom is 0.164 e. The molecule has 8 aromatic carbocycles. The van der Waals surface area contributed by atoms with Crippen LogP contribution >= 0.6 is 11.3 Å². The Kier molecular flexibility index (Phi) is 7.64. The molecule has 11 rings (SSSR count). The predicted molar refractivity (Wildman–Crippen MR) is 234 cm³/mol. The molecule has 56 heavy (non-hydrogen) atoms. The Balaban J connectivity index is 1.00. The van der Waals surface area contributed by atoms with Crippen molar-refractivity contribution in [1.29, 1.82) is 0 Å². The van der Waals surface area contributed by atoms with Crippen LogP contribution in [0.15, 0.2) is 194 Å². The molecule has 3 heterocycles. The van der Waals surface area contributed by atoms with E-state index in [4.69, 9.17) is 15.0 Å². The van der Waals surface area contributed by atoms with Gasteiger partial charge in [0.2, 0.25) is 0 Å². The highest BCUT2D eigenvalue weighted by Crippen LogP contribution is 2.40. The summed E-state index contributed by atoms with van der Waals surface area (Å²) in [6.45, 7) is 0. The lowest BCUT2D eigenvalue weighted by Gasteiger charge is -2.11. The van der Waals surface area contributed by atoms with Crippen molar-refractivity contribution >= 4 is 53.3 Å². The molecule has 0 atom stereocenters. The highest BCUT2D eigenvalue weighted by Gasteiger charge is 2.16. The fourth-order valence-corrected chi connectivity index (χ4v) is 9.04. The van der Waals surface area contributed by atoms with Gasteiger partial charge in [-0.2, -0.15) is 0 Å². The maximum absolute atomic E-state index is 4.98. The van der Waals surface area contributed by atoms with Crippen molar-refractivity contribution in [3.63, 3.8) is 0 Å². The van der Waals surface area contributed by atoms with Crippen LogP contribution in [0.3, 0.4) is 0 Å². The van der Waals surface area contributed by atoms with Crippen LogP contribution in [-0.2, 0) is 0 Å². The van der Waals surface area contributed by atoms with E-state index in [0.29, 0.717) is 17.5 Å². The average molecular weight is 733 g/mol. The minimum absolute atomic E-state index is 0.662. The lowest BCUT2D eigenvalue weighted by atomic mass is 10.0. The van der Waals surface area contributed by atoms with Crippen molar-refractivity contribution < 1.29 is 0 Å². The van der Waals surface area contributed by atoms with E-state index in [2.05, 4.69) is 138 Å². The summed E-state index contributed by atoms with van der Waals surface area (Å²) < 4.78 is 4.86. The molecule has 0 fully saturated rings. The Labute approximate surface area is 327 Å². The third-order valence-electron chi connectivity index (χ3n) is 10.6. The Morgan fingerprint density at radius 1 is 0.304 bits per heavy atom. The zero-order valence-electron chi connectivity index (χ0n) is 30.2. The van der Waals surface area contributed by atoms with Gasteiger partial charge in [0.05, 0.1) is 11.0 Å². The molecular formula is C51H32N4S. The first kappa shape index (κ1) is 32.2. The summed E-state index contributed by atoms with van der Waals surface area (Å²) in [5.74, 6) is 1.99. The van der Waals surface area contributed by atoms with Crippen molar-refractivity contribution in [2.75, 3.05) is 0 Å². The van der Waals surface area contributed by atoms with Gasteiger partial charge < -0.3 is 4.57 Å². The van der Waals surface area contributed by atoms with E-state index in [0.717, 1.165) is 22.4 Å². The number of aromatic nitrogens is 4. The molecule has 0 aliphatic carbocycles. The van der Waals surface area contributed by atoms with E-state index >= 15 is 0 Å². The molecule has 0 spiro atoms. The smallest absolute Gasteiger partial charge is 0.164 e. The fourth-order valence-electron chi connectivity index (χ4n) is 7.92. The molecule has 0 N–H and O–H groups in total. The molecular weight excluding hydrogens is 701 g/mol. The summed E-state index contributed by atoms with van der Waals surface area (Å²) in [5, 5.41) is 4.97. The molecule has 0 bridgehead atoms. The van der Waals surface area contributed by atoms with Crippen LogP contribution in [0, 0.1) is 0 Å². The minimum Gasteiger partial charge on any atom is -0.309 e. The Morgan fingerprint density at radius 3 is 1.57 bits per heavy atom. The number of rotatable bonds is 6. The van der Waals surface area contributed by atoms with Crippen molar-refractivity contribution in [1.82, 2.24) is 19.5 Å². The third-order valence-corrected chi connectivity index (χ3v) is 11.8. The first-order valence-electron chi connectivity index (χ1n) is 18.8. The second kappa shape index (κ2) is 13.3. The number of benzene rings is 8. The van der Waals surface area contributed by atoms with Crippen LogP contribution in [-0.4, -0.2) is 19.5 Å². The summed E-state index contributed by atoms with van der Waals surface area (Å²) in [6, 6.07) is 68.8. The summed E-state index contributed by atoms with van der Waals surface area (Å²) >= 11 is 1.80. The molecule has 0 aliphatic rings. The zero-order chi connectivity index (χ0) is 37.0. The van der Waals surface area contributed by atoms with Gasteiger partial charge in [0.25, 0.3) is 0 Å². The van der Waals surface area contributed by atoms with Crippen molar-refractivity contribution in [2.24, 2.45) is 0 Å². The topological polar surface area (TPSA) is 43.6 Å². The van der Waals surface area contributed by atoms with E-state index in [9.17, 15) is 0 Å². The van der Waals surface area contributed by atoms with Gasteiger partial charge in [-0.15, -0.1) is 11.3 Å². The van der Waals surface area contributed by atoms with Gasteiger partial charge >= 0.3 is 0 Å². The van der Waals surface area contributed by atoms with Gasteiger partial charge in [-0.1, -0.05) is 152 Å². The van der Waals surface area contributed by atoms with E-state index < -0.39 is 0 Å². The molecule has 0 unspecified atom stereocenters. The molecule has 4 nitrogen and oxygen atoms in total. The van der Waals surface area contributed by atoms with Crippen molar-refractivity contribution in [2.45, 2.75) is 0 Å². The lowest BCUT2D eigenvalue weighted by Crippen LogP contribution is -1.99. The summed E-state index contributed by atoms with van der Waals surface area (Å²) in [7, 11) is 0. The summed E-state index contributed by atoms with van der Waals surface area (Å²) in [5.41, 5.74) is 11.2. The van der Waals surface area contributed by atoms with Crippen LogP contribution < -0.4 is 0 Å². The monoisotopic (exact) mass is 732 g/mol. The van der Waals surface area contributed by atoms with Crippen LogP contribution in [0.25, 0.3) is 104 Å². The molecule has 0 aliphatic heterocycles. The van der Waals surface area contributed by atoms with Crippen LogP contribution in [0.2, 0.25) is 0 Å². The summed E-state index contributed by atoms with van der Waals surface area (Å²) in [4.78, 5) is 14.8. The Morgan fingerprint density at radius 2 is 0.839 bits per heavy atom. The molecule has 0 saturated heterocycles. The van der Waals surface area contributed by atoms with Gasteiger partial charge in [-0.3, -0.25) is 0 Å². The number of nitrogens with zero attached hydrogens (tertiary/aromatic N) is 4. The lowest BCUT2D eigenvalue weighted by molar-refractivity contribution is 1.07. The fraction of sp³-hybridized carbons (Fsp3) is 0. The Bertz CT molecular complexity index is 3180. The van der Waals surface area contributed by atoms with E-state index in [-0.39, 0.29) is 0 Å². The minimum atomic E-state index is 0.662. The SMILES string of the molecule is c1ccc(-c2ccc3c4ccccc4n(-c4cccc(-c5ccc6sc7cc(-c8nc(-c9ccccc9)nc(-c9ccccc9)n8)ccc7c6c5)c4)c3c2)cc1. The number of para-hydroxylation sites is 1. The van der Waals surface area contributed by atoms with Crippen molar-refractivity contribution in [3.05, 3.63) is 194 Å². The quantitative estimate of drug-likeness (QED) is 0.171. The normalized spacial score (nSPS) is 11.6. The molecule has 5 heteroatoms. The van der Waals surface area contributed by atoms with E-state index in [1.165, 1.54) is 64.2 Å². The maximum atomic E-state index is 4.98. The third kappa shape index (κ3) is 5.56. The molecule has 262 valence electrons. The van der Waals surface area contributed by atoms with Crippen LogP contribution in [0.5, 0.6) is 0 Å². The number of fused-ring (bicyclic) bond motifs is 6. The highest BCUT2D eigenvalue weighted by atomic mass is 32.1. The molecule has 11 aromatic rings. The first-order chi connectivity index (χ1) is 27.7. The predicted octanol–water partition coefficient (Wildman–Crippen LogP) is 13.7. The van der Waals surface area contributed by atoms with Gasteiger partial charge in [-0.25, -0.2) is 15.0 Å². The number of hydrogen-bond donors (Lipinski definition) is 0. The first-order valence-corrected chi connectivity index (χ1v) is 19.6. The number of thiophene rings is 1. The van der Waals surface area contributed by atoms with Crippen LogP contribution in [0.4, 0.5) is 0 Å². The second-order valence-corrected chi connectivity index (χ2v) is 15.1. The highest BCUT2D eigenvalue weighted by molar-refractivity contribution is 7.25. The largest absolute Gasteiger partial charge is 0.309 e. The molecule has 0 saturated carbocycles. The molecule has 0 amide bonds.